The summed E-state index contributed by atoms with van der Waals surface area (Å²) in [6.07, 6.45) is 1.53. The maximum absolute atomic E-state index is 13.9. The Morgan fingerprint density at radius 1 is 1.17 bits per heavy atom. The summed E-state index contributed by atoms with van der Waals surface area (Å²) in [6.45, 7) is 4.32. The lowest BCUT2D eigenvalue weighted by Gasteiger charge is -2.05. The number of aryl methyl sites for hydroxylation is 1. The summed E-state index contributed by atoms with van der Waals surface area (Å²) in [6, 6.07) is 7.91. The van der Waals surface area contributed by atoms with Crippen molar-refractivity contribution in [3.63, 3.8) is 0 Å². The number of carbonyl (C=O) groups excluding carboxylic acids is 2. The van der Waals surface area contributed by atoms with Gasteiger partial charge in [-0.2, -0.15) is 5.10 Å². The van der Waals surface area contributed by atoms with Gasteiger partial charge in [0.25, 0.3) is 5.91 Å². The van der Waals surface area contributed by atoms with E-state index in [1.807, 2.05) is 0 Å². The fraction of sp³-hybridized carbons (Fsp3) is 0.353. The van der Waals surface area contributed by atoms with Crippen LogP contribution in [-0.2, 0) is 4.79 Å². The van der Waals surface area contributed by atoms with E-state index in [2.05, 4.69) is 15.7 Å². The zero-order valence-electron chi connectivity index (χ0n) is 13.8. The molecule has 6 nitrogen and oxygen atoms in total. The van der Waals surface area contributed by atoms with Crippen LogP contribution in [0.25, 0.3) is 5.69 Å². The molecule has 0 spiro atoms. The van der Waals surface area contributed by atoms with Crippen molar-refractivity contribution in [2.75, 3.05) is 13.1 Å². The number of nitrogens with one attached hydrogen (secondary N) is 2. The number of hydrogen-bond donors (Lipinski definition) is 2. The fourth-order valence-corrected chi connectivity index (χ4v) is 2.26. The van der Waals surface area contributed by atoms with Gasteiger partial charge in [-0.05, 0) is 38.0 Å². The van der Waals surface area contributed by atoms with Crippen LogP contribution in [-0.4, -0.2) is 34.7 Å². The molecule has 0 aliphatic carbocycles. The van der Waals surface area contributed by atoms with Gasteiger partial charge in [-0.3, -0.25) is 9.59 Å². The third-order valence-electron chi connectivity index (χ3n) is 3.46. The molecule has 24 heavy (non-hydrogen) atoms. The van der Waals surface area contributed by atoms with Crippen LogP contribution in [0.3, 0.4) is 0 Å². The van der Waals surface area contributed by atoms with Gasteiger partial charge in [-0.15, -0.1) is 0 Å². The molecule has 0 radical (unpaired) electrons. The molecule has 0 aliphatic rings. The molecular formula is C17H21FN4O2. The zero-order chi connectivity index (χ0) is 17.5. The van der Waals surface area contributed by atoms with E-state index in [0.29, 0.717) is 24.5 Å². The number of nitrogens with zero attached hydrogens (tertiary/aromatic N) is 2. The van der Waals surface area contributed by atoms with Gasteiger partial charge in [0.1, 0.15) is 11.5 Å². The predicted molar refractivity (Wildman–Crippen MR) is 88.5 cm³/mol. The van der Waals surface area contributed by atoms with E-state index < -0.39 is 5.82 Å². The normalized spacial score (nSPS) is 10.5. The number of amides is 2. The highest BCUT2D eigenvalue weighted by Gasteiger charge is 2.14. The third-order valence-corrected chi connectivity index (χ3v) is 3.46. The minimum Gasteiger partial charge on any atom is -0.356 e. The molecule has 1 heterocycles. The van der Waals surface area contributed by atoms with Gasteiger partial charge >= 0.3 is 0 Å². The smallest absolute Gasteiger partial charge is 0.271 e. The molecule has 7 heteroatoms. The molecule has 1 aromatic carbocycles. The zero-order valence-corrected chi connectivity index (χ0v) is 13.8. The molecule has 0 unspecified atom stereocenters. The number of benzene rings is 1. The molecule has 0 atom stereocenters. The lowest BCUT2D eigenvalue weighted by molar-refractivity contribution is -0.118. The number of para-hydroxylation sites is 1. The van der Waals surface area contributed by atoms with Crippen molar-refractivity contribution in [1.29, 1.82) is 0 Å². The number of aromatic nitrogens is 2. The van der Waals surface area contributed by atoms with Crippen LogP contribution in [0.1, 0.15) is 35.9 Å². The van der Waals surface area contributed by atoms with Crippen molar-refractivity contribution in [2.24, 2.45) is 0 Å². The van der Waals surface area contributed by atoms with Crippen molar-refractivity contribution >= 4 is 11.8 Å². The van der Waals surface area contributed by atoms with Crippen molar-refractivity contribution in [3.8, 4) is 5.69 Å². The Hall–Kier alpha value is -2.70. The number of carbonyl (C=O) groups is 2. The Morgan fingerprint density at radius 3 is 2.50 bits per heavy atom. The lowest BCUT2D eigenvalue weighted by Crippen LogP contribution is -2.26. The van der Waals surface area contributed by atoms with Crippen LogP contribution >= 0.6 is 0 Å². The summed E-state index contributed by atoms with van der Waals surface area (Å²) in [5.41, 5.74) is 1.23. The largest absolute Gasteiger partial charge is 0.356 e. The Bertz CT molecular complexity index is 727. The van der Waals surface area contributed by atoms with E-state index >= 15 is 0 Å². The van der Waals surface area contributed by atoms with Crippen LogP contribution in [0.5, 0.6) is 0 Å². The van der Waals surface area contributed by atoms with E-state index in [0.717, 1.165) is 12.8 Å². The minimum atomic E-state index is -0.395. The first-order valence-electron chi connectivity index (χ1n) is 7.83. The summed E-state index contributed by atoms with van der Waals surface area (Å²) in [7, 11) is 0. The van der Waals surface area contributed by atoms with Crippen molar-refractivity contribution in [1.82, 2.24) is 20.4 Å². The highest BCUT2D eigenvalue weighted by atomic mass is 19.1. The van der Waals surface area contributed by atoms with Gasteiger partial charge in [0.05, 0.1) is 0 Å². The van der Waals surface area contributed by atoms with E-state index in [1.54, 1.807) is 31.2 Å². The first-order valence-corrected chi connectivity index (χ1v) is 7.83. The summed E-state index contributed by atoms with van der Waals surface area (Å²) in [5.74, 6) is -0.755. The summed E-state index contributed by atoms with van der Waals surface area (Å²) < 4.78 is 15.3. The molecule has 0 saturated heterocycles. The first-order chi connectivity index (χ1) is 11.5. The summed E-state index contributed by atoms with van der Waals surface area (Å²) >= 11 is 0. The molecule has 2 aromatic rings. The van der Waals surface area contributed by atoms with Crippen LogP contribution in [0.2, 0.25) is 0 Å². The molecule has 0 saturated carbocycles. The van der Waals surface area contributed by atoms with E-state index in [-0.39, 0.29) is 17.5 Å². The van der Waals surface area contributed by atoms with Crippen LogP contribution < -0.4 is 10.6 Å². The maximum Gasteiger partial charge on any atom is 0.271 e. The van der Waals surface area contributed by atoms with Gasteiger partial charge in [0.2, 0.25) is 5.91 Å². The Labute approximate surface area is 140 Å². The summed E-state index contributed by atoms with van der Waals surface area (Å²) in [4.78, 5) is 22.8. The predicted octanol–water partition coefficient (Wildman–Crippen LogP) is 1.97. The second-order valence-corrected chi connectivity index (χ2v) is 5.48. The third kappa shape index (κ3) is 4.65. The highest BCUT2D eigenvalue weighted by Crippen LogP contribution is 2.15. The average Bonchev–Trinajstić information content (AvgIpc) is 2.92. The van der Waals surface area contributed by atoms with Gasteiger partial charge in [0, 0.05) is 25.7 Å². The standard InChI is InChI=1S/C17H21FN4O2/c1-12-11-15(17(24)20-10-6-5-9-19-13(2)23)21-22(12)16-8-4-3-7-14(16)18/h3-4,7-8,11H,5-6,9-10H2,1-2H3,(H,19,23)(H,20,24). The molecule has 0 fully saturated rings. The van der Waals surface area contributed by atoms with Crippen LogP contribution in [0.15, 0.2) is 30.3 Å². The maximum atomic E-state index is 13.9. The summed E-state index contributed by atoms with van der Waals surface area (Å²) in [5, 5.41) is 9.66. The Balaban J connectivity index is 1.91. The van der Waals surface area contributed by atoms with Gasteiger partial charge in [-0.25, -0.2) is 9.07 Å². The van der Waals surface area contributed by atoms with Crippen molar-refractivity contribution in [3.05, 3.63) is 47.5 Å². The van der Waals surface area contributed by atoms with Crippen LogP contribution in [0, 0.1) is 12.7 Å². The fourth-order valence-electron chi connectivity index (χ4n) is 2.26. The minimum absolute atomic E-state index is 0.0619. The van der Waals surface area contributed by atoms with Gasteiger partial charge in [0.15, 0.2) is 5.69 Å². The molecule has 1 aromatic heterocycles. The van der Waals surface area contributed by atoms with E-state index in [9.17, 15) is 14.0 Å². The Kier molecular flexibility index (Phi) is 6.06. The second kappa shape index (κ2) is 8.24. The van der Waals surface area contributed by atoms with Crippen molar-refractivity contribution < 1.29 is 14.0 Å². The first kappa shape index (κ1) is 17.7. The number of rotatable bonds is 7. The molecule has 0 bridgehead atoms. The SMILES string of the molecule is CC(=O)NCCCCNC(=O)c1cc(C)n(-c2ccccc2F)n1. The quantitative estimate of drug-likeness (QED) is 0.761. The van der Waals surface area contributed by atoms with Gasteiger partial charge < -0.3 is 10.6 Å². The van der Waals surface area contributed by atoms with Crippen molar-refractivity contribution in [2.45, 2.75) is 26.7 Å². The molecular weight excluding hydrogens is 311 g/mol. The van der Waals surface area contributed by atoms with Gasteiger partial charge in [-0.1, -0.05) is 12.1 Å². The van der Waals surface area contributed by atoms with Crippen LogP contribution in [0.4, 0.5) is 4.39 Å². The monoisotopic (exact) mass is 332 g/mol. The molecule has 2 amide bonds. The second-order valence-electron chi connectivity index (χ2n) is 5.48. The average molecular weight is 332 g/mol. The molecule has 0 aliphatic heterocycles. The topological polar surface area (TPSA) is 76.0 Å². The number of halogens is 1. The molecule has 128 valence electrons. The van der Waals surface area contributed by atoms with E-state index in [4.69, 9.17) is 0 Å². The van der Waals surface area contributed by atoms with E-state index in [1.165, 1.54) is 17.7 Å². The highest BCUT2D eigenvalue weighted by molar-refractivity contribution is 5.92. The number of hydrogen-bond acceptors (Lipinski definition) is 3. The Morgan fingerprint density at radius 2 is 1.83 bits per heavy atom. The lowest BCUT2D eigenvalue weighted by atomic mass is 10.3. The molecule has 2 rings (SSSR count). The molecule has 2 N–H and O–H groups in total. The number of unbranched alkanes of at least 4 members (excludes halogenated alkanes) is 1.